The number of hydrogen-bond acceptors (Lipinski definition) is 7. The molecule has 34 heavy (non-hydrogen) atoms. The minimum atomic E-state index is -1.07. The number of nitrogens with zero attached hydrogens (tertiary/aromatic N) is 1. The standard InChI is InChI=1S/C25H22N4O4S/c30-23(22-14-27-25(34-22)28-18-10-15-4-1-2-5-16(15)11-18)29-21-12-17(24(31)32)7-8-20(21)26-13-19-6-3-9-33-19/h1-9,12,14,18,26H,10-11,13H2,(H,27,28)(H,29,30)(H,31,32). The van der Waals surface area contributed by atoms with Gasteiger partial charge in [-0.2, -0.15) is 0 Å². The Bertz CT molecular complexity index is 1310. The van der Waals surface area contributed by atoms with Crippen LogP contribution in [0.5, 0.6) is 0 Å². The summed E-state index contributed by atoms with van der Waals surface area (Å²) < 4.78 is 5.33. The Morgan fingerprint density at radius 1 is 1.06 bits per heavy atom. The molecule has 0 unspecified atom stereocenters. The molecule has 1 amide bonds. The summed E-state index contributed by atoms with van der Waals surface area (Å²) in [7, 11) is 0. The largest absolute Gasteiger partial charge is 0.478 e. The number of fused-ring (bicyclic) bond motifs is 1. The van der Waals surface area contributed by atoms with Gasteiger partial charge in [-0.25, -0.2) is 9.78 Å². The third-order valence-corrected chi connectivity index (χ3v) is 6.58. The lowest BCUT2D eigenvalue weighted by molar-refractivity contribution is 0.0696. The lowest BCUT2D eigenvalue weighted by Gasteiger charge is -2.13. The van der Waals surface area contributed by atoms with Crippen molar-refractivity contribution in [3.05, 3.63) is 94.4 Å². The molecule has 1 aliphatic rings. The van der Waals surface area contributed by atoms with E-state index in [-0.39, 0.29) is 17.5 Å². The molecular weight excluding hydrogens is 452 g/mol. The number of amides is 1. The Hall–Kier alpha value is -4.11. The number of rotatable bonds is 8. The molecule has 0 saturated carbocycles. The van der Waals surface area contributed by atoms with Gasteiger partial charge in [-0.3, -0.25) is 4.79 Å². The number of carboxylic acids is 1. The van der Waals surface area contributed by atoms with Gasteiger partial charge in [-0.05, 0) is 54.3 Å². The van der Waals surface area contributed by atoms with E-state index >= 15 is 0 Å². The molecule has 0 radical (unpaired) electrons. The van der Waals surface area contributed by atoms with Crippen LogP contribution in [0.25, 0.3) is 0 Å². The number of benzene rings is 2. The second-order valence-electron chi connectivity index (χ2n) is 8.00. The molecule has 9 heteroatoms. The van der Waals surface area contributed by atoms with Crippen molar-refractivity contribution in [2.45, 2.75) is 25.4 Å². The van der Waals surface area contributed by atoms with Crippen molar-refractivity contribution in [3.8, 4) is 0 Å². The van der Waals surface area contributed by atoms with E-state index in [1.165, 1.54) is 40.8 Å². The molecule has 2 heterocycles. The maximum Gasteiger partial charge on any atom is 0.335 e. The summed E-state index contributed by atoms with van der Waals surface area (Å²) in [5, 5.41) is 19.5. The second kappa shape index (κ2) is 9.40. The van der Waals surface area contributed by atoms with Gasteiger partial charge >= 0.3 is 5.97 Å². The molecule has 0 atom stereocenters. The van der Waals surface area contributed by atoms with Crippen molar-refractivity contribution in [2.24, 2.45) is 0 Å². The van der Waals surface area contributed by atoms with Crippen LogP contribution in [-0.2, 0) is 19.4 Å². The van der Waals surface area contributed by atoms with Crippen molar-refractivity contribution in [1.29, 1.82) is 0 Å². The van der Waals surface area contributed by atoms with Gasteiger partial charge in [0.05, 0.1) is 35.9 Å². The highest BCUT2D eigenvalue weighted by Gasteiger charge is 2.22. The third-order valence-electron chi connectivity index (χ3n) is 5.66. The maximum atomic E-state index is 12.9. The SMILES string of the molecule is O=C(O)c1ccc(NCc2ccco2)c(NC(=O)c2cnc(NC3Cc4ccccc4C3)s2)c1. The molecule has 1 aliphatic carbocycles. The van der Waals surface area contributed by atoms with Crippen LogP contribution in [0.2, 0.25) is 0 Å². The van der Waals surface area contributed by atoms with E-state index in [1.807, 2.05) is 18.2 Å². The normalized spacial score (nSPS) is 12.8. The Labute approximate surface area is 199 Å². The average molecular weight is 475 g/mol. The number of carboxylic acid groups (broad SMARTS) is 1. The van der Waals surface area contributed by atoms with Gasteiger partial charge < -0.3 is 25.5 Å². The summed E-state index contributed by atoms with van der Waals surface area (Å²) in [6, 6.07) is 16.8. The monoisotopic (exact) mass is 474 g/mol. The molecule has 2 aromatic heterocycles. The fraction of sp³-hybridized carbons (Fsp3) is 0.160. The van der Waals surface area contributed by atoms with E-state index in [4.69, 9.17) is 4.42 Å². The molecule has 0 aliphatic heterocycles. The molecule has 0 fully saturated rings. The minimum absolute atomic E-state index is 0.0753. The Kier molecular flexibility index (Phi) is 6.01. The molecular formula is C25H22N4O4S. The Balaban J connectivity index is 1.27. The van der Waals surface area contributed by atoms with Crippen LogP contribution in [0.15, 0.2) is 71.5 Å². The topological polar surface area (TPSA) is 116 Å². The van der Waals surface area contributed by atoms with Crippen LogP contribution in [0, 0.1) is 0 Å². The van der Waals surface area contributed by atoms with Gasteiger partial charge in [0, 0.05) is 6.04 Å². The number of carbonyl (C=O) groups is 2. The molecule has 172 valence electrons. The van der Waals surface area contributed by atoms with Gasteiger partial charge in [0.1, 0.15) is 10.6 Å². The van der Waals surface area contributed by atoms with Crippen LogP contribution in [0.1, 0.15) is 36.9 Å². The average Bonchev–Trinajstić information content (AvgIpc) is 3.59. The first-order valence-corrected chi connectivity index (χ1v) is 11.6. The Morgan fingerprint density at radius 2 is 1.85 bits per heavy atom. The molecule has 0 spiro atoms. The predicted octanol–water partition coefficient (Wildman–Crippen LogP) is 4.88. The molecule has 8 nitrogen and oxygen atoms in total. The molecule has 4 N–H and O–H groups in total. The summed E-state index contributed by atoms with van der Waals surface area (Å²) in [4.78, 5) is 29.2. The molecule has 4 aromatic rings. The fourth-order valence-electron chi connectivity index (χ4n) is 4.00. The van der Waals surface area contributed by atoms with E-state index in [0.717, 1.165) is 12.8 Å². The van der Waals surface area contributed by atoms with E-state index in [0.29, 0.717) is 33.7 Å². The van der Waals surface area contributed by atoms with E-state index in [1.54, 1.807) is 18.4 Å². The van der Waals surface area contributed by atoms with Crippen molar-refractivity contribution in [1.82, 2.24) is 4.98 Å². The van der Waals surface area contributed by atoms with E-state index in [2.05, 4.69) is 33.1 Å². The van der Waals surface area contributed by atoms with Gasteiger partial charge in [-0.15, -0.1) is 0 Å². The lowest BCUT2D eigenvalue weighted by Crippen LogP contribution is -2.19. The van der Waals surface area contributed by atoms with Crippen molar-refractivity contribution >= 4 is 39.7 Å². The molecule has 0 bridgehead atoms. The summed E-state index contributed by atoms with van der Waals surface area (Å²) in [6.07, 6.45) is 4.95. The van der Waals surface area contributed by atoms with Crippen LogP contribution < -0.4 is 16.0 Å². The van der Waals surface area contributed by atoms with Crippen LogP contribution >= 0.6 is 11.3 Å². The van der Waals surface area contributed by atoms with Crippen LogP contribution in [0.3, 0.4) is 0 Å². The zero-order valence-corrected chi connectivity index (χ0v) is 18.9. The number of aromatic carboxylic acids is 1. The number of carbonyl (C=O) groups excluding carboxylic acids is 1. The first-order valence-electron chi connectivity index (χ1n) is 10.8. The van der Waals surface area contributed by atoms with Crippen molar-refractivity contribution < 1.29 is 19.1 Å². The summed E-state index contributed by atoms with van der Waals surface area (Å²) in [5.74, 6) is -0.717. The van der Waals surface area contributed by atoms with E-state index in [9.17, 15) is 14.7 Å². The second-order valence-corrected chi connectivity index (χ2v) is 9.03. The lowest BCUT2D eigenvalue weighted by atomic mass is 10.1. The third kappa shape index (κ3) is 4.79. The zero-order valence-electron chi connectivity index (χ0n) is 18.1. The zero-order chi connectivity index (χ0) is 23.5. The minimum Gasteiger partial charge on any atom is -0.478 e. The number of furan rings is 1. The maximum absolute atomic E-state index is 12.9. The highest BCUT2D eigenvalue weighted by molar-refractivity contribution is 7.17. The number of thiazole rings is 1. The first-order chi connectivity index (χ1) is 16.5. The summed E-state index contributed by atoms with van der Waals surface area (Å²) in [6.45, 7) is 0.390. The summed E-state index contributed by atoms with van der Waals surface area (Å²) >= 11 is 1.27. The number of nitrogens with one attached hydrogen (secondary N) is 3. The number of anilines is 3. The molecule has 0 saturated heterocycles. The van der Waals surface area contributed by atoms with E-state index < -0.39 is 5.97 Å². The highest BCUT2D eigenvalue weighted by atomic mass is 32.1. The molecule has 2 aromatic carbocycles. The predicted molar refractivity (Wildman–Crippen MR) is 131 cm³/mol. The number of hydrogen-bond donors (Lipinski definition) is 4. The van der Waals surface area contributed by atoms with Crippen LogP contribution in [-0.4, -0.2) is 28.0 Å². The Morgan fingerprint density at radius 3 is 2.56 bits per heavy atom. The fourth-order valence-corrected chi connectivity index (χ4v) is 4.78. The highest BCUT2D eigenvalue weighted by Crippen LogP contribution is 2.29. The number of aromatic nitrogens is 1. The van der Waals surface area contributed by atoms with Crippen molar-refractivity contribution in [3.63, 3.8) is 0 Å². The molecule has 5 rings (SSSR count). The quantitative estimate of drug-likeness (QED) is 0.288. The van der Waals surface area contributed by atoms with Crippen molar-refractivity contribution in [2.75, 3.05) is 16.0 Å². The van der Waals surface area contributed by atoms with Gasteiger partial charge in [-0.1, -0.05) is 35.6 Å². The smallest absolute Gasteiger partial charge is 0.335 e. The van der Waals surface area contributed by atoms with Gasteiger partial charge in [0.2, 0.25) is 0 Å². The first kappa shape index (κ1) is 21.7. The van der Waals surface area contributed by atoms with Crippen LogP contribution in [0.4, 0.5) is 16.5 Å². The summed E-state index contributed by atoms with van der Waals surface area (Å²) in [5.41, 5.74) is 3.70. The van der Waals surface area contributed by atoms with Gasteiger partial charge in [0.15, 0.2) is 5.13 Å². The van der Waals surface area contributed by atoms with Gasteiger partial charge in [0.25, 0.3) is 5.91 Å².